The molecule has 0 unspecified atom stereocenters. The van der Waals surface area contributed by atoms with Crippen LogP contribution in [0.1, 0.15) is 19.4 Å². The van der Waals surface area contributed by atoms with Crippen molar-refractivity contribution in [3.8, 4) is 0 Å². The predicted octanol–water partition coefficient (Wildman–Crippen LogP) is 2.77. The largest absolute Gasteiger partial charge is 0.368 e. The molecular formula is C17H20N2O3. The first-order valence-electron chi connectivity index (χ1n) is 7.67. The molecule has 116 valence electrons. The molecule has 5 nitrogen and oxygen atoms in total. The van der Waals surface area contributed by atoms with Crippen LogP contribution in [0.5, 0.6) is 0 Å². The van der Waals surface area contributed by atoms with E-state index in [2.05, 4.69) is 36.1 Å². The van der Waals surface area contributed by atoms with Gasteiger partial charge in [0, 0.05) is 24.2 Å². The summed E-state index contributed by atoms with van der Waals surface area (Å²) in [7, 11) is 0. The molecule has 0 saturated carbocycles. The molecule has 1 spiro atoms. The summed E-state index contributed by atoms with van der Waals surface area (Å²) in [5.41, 5.74) is -0.0322. The summed E-state index contributed by atoms with van der Waals surface area (Å²) in [4.78, 5) is 13.7. The number of benzene rings is 1. The average Bonchev–Trinajstić information content (AvgIpc) is 3.07. The Kier molecular flexibility index (Phi) is 2.44. The van der Waals surface area contributed by atoms with Crippen LogP contribution in [0.2, 0.25) is 0 Å². The maximum atomic E-state index is 11.6. The van der Waals surface area contributed by atoms with E-state index in [9.17, 15) is 10.1 Å². The van der Waals surface area contributed by atoms with Crippen molar-refractivity contribution in [3.63, 3.8) is 0 Å². The van der Waals surface area contributed by atoms with Crippen molar-refractivity contribution in [1.82, 2.24) is 0 Å². The zero-order chi connectivity index (χ0) is 15.8. The number of anilines is 1. The number of nitrogens with zero attached hydrogens (tertiary/aromatic N) is 2. The van der Waals surface area contributed by atoms with Gasteiger partial charge in [-0.25, -0.2) is 0 Å². The number of rotatable bonds is 2. The minimum absolute atomic E-state index is 0.122. The first-order chi connectivity index (χ1) is 10.3. The minimum Gasteiger partial charge on any atom is -0.368 e. The third-order valence-electron chi connectivity index (χ3n) is 5.83. The van der Waals surface area contributed by atoms with Crippen molar-refractivity contribution in [3.05, 3.63) is 52.1 Å². The molecule has 4 rings (SSSR count). The molecular weight excluding hydrogens is 280 g/mol. The molecule has 0 N–H and O–H groups in total. The number of nitro groups is 1. The molecule has 5 heteroatoms. The van der Waals surface area contributed by atoms with Gasteiger partial charge in [-0.3, -0.25) is 14.9 Å². The molecule has 2 saturated heterocycles. The van der Waals surface area contributed by atoms with Crippen molar-refractivity contribution < 1.29 is 9.66 Å². The zero-order valence-electron chi connectivity index (χ0n) is 13.1. The van der Waals surface area contributed by atoms with Crippen LogP contribution in [-0.2, 0) is 4.74 Å². The first-order valence-corrected chi connectivity index (χ1v) is 7.67. The van der Waals surface area contributed by atoms with Crippen LogP contribution in [0.25, 0.3) is 0 Å². The molecule has 3 aliphatic heterocycles. The van der Waals surface area contributed by atoms with E-state index in [0.29, 0.717) is 6.54 Å². The Labute approximate surface area is 129 Å². The highest BCUT2D eigenvalue weighted by atomic mass is 16.7. The van der Waals surface area contributed by atoms with Crippen molar-refractivity contribution >= 4 is 5.69 Å². The quantitative estimate of drug-likeness (QED) is 0.479. The van der Waals surface area contributed by atoms with E-state index in [0.717, 1.165) is 12.2 Å². The van der Waals surface area contributed by atoms with E-state index in [1.54, 1.807) is 6.08 Å². The lowest BCUT2D eigenvalue weighted by molar-refractivity contribution is -0.625. The standard InChI is InChI=1S/C17H20N2O3/c1-12-4-6-13(7-5-12)18-10-14-15(2,3)17(19(20)21)9-8-16(14,11-18)22-17/h4-9,14H,10-11H2,1-3H3/t14-,16-,17-/m1/s1. The van der Waals surface area contributed by atoms with E-state index in [-0.39, 0.29) is 10.8 Å². The Morgan fingerprint density at radius 3 is 2.55 bits per heavy atom. The molecule has 2 bridgehead atoms. The molecule has 3 atom stereocenters. The third-order valence-corrected chi connectivity index (χ3v) is 5.83. The summed E-state index contributed by atoms with van der Waals surface area (Å²) < 4.78 is 6.07. The van der Waals surface area contributed by atoms with Gasteiger partial charge in [0.2, 0.25) is 0 Å². The Morgan fingerprint density at radius 1 is 1.27 bits per heavy atom. The van der Waals surface area contributed by atoms with Gasteiger partial charge in [0.25, 0.3) is 0 Å². The second-order valence-electron chi connectivity index (χ2n) is 7.33. The molecule has 22 heavy (non-hydrogen) atoms. The number of aryl methyl sites for hydroxylation is 1. The van der Waals surface area contributed by atoms with Gasteiger partial charge in [-0.15, -0.1) is 0 Å². The second-order valence-corrected chi connectivity index (χ2v) is 7.33. The van der Waals surface area contributed by atoms with Gasteiger partial charge in [0.15, 0.2) is 0 Å². The van der Waals surface area contributed by atoms with Gasteiger partial charge in [0.1, 0.15) is 5.60 Å². The molecule has 0 aromatic heterocycles. The second kappa shape index (κ2) is 3.90. The lowest BCUT2D eigenvalue weighted by Crippen LogP contribution is -2.50. The Bertz CT molecular complexity index is 682. The lowest BCUT2D eigenvalue weighted by Gasteiger charge is -2.34. The SMILES string of the molecule is Cc1ccc(N2C[C@@H]3C(C)(C)[C@@]4([N+](=O)[O-])C=C[C@]3(C2)O4)cc1. The van der Waals surface area contributed by atoms with Crippen LogP contribution in [0.15, 0.2) is 36.4 Å². The van der Waals surface area contributed by atoms with Crippen molar-refractivity contribution in [1.29, 1.82) is 0 Å². The van der Waals surface area contributed by atoms with Gasteiger partial charge in [-0.05, 0) is 39.0 Å². The summed E-state index contributed by atoms with van der Waals surface area (Å²) in [5, 5.41) is 11.6. The summed E-state index contributed by atoms with van der Waals surface area (Å²) in [6.45, 7) is 7.46. The van der Waals surface area contributed by atoms with Crippen LogP contribution in [-0.4, -0.2) is 29.3 Å². The maximum absolute atomic E-state index is 11.6. The van der Waals surface area contributed by atoms with E-state index in [1.807, 2.05) is 19.9 Å². The van der Waals surface area contributed by atoms with Gasteiger partial charge in [-0.2, -0.15) is 0 Å². The van der Waals surface area contributed by atoms with Crippen molar-refractivity contribution in [2.45, 2.75) is 32.1 Å². The fourth-order valence-electron chi connectivity index (χ4n) is 4.45. The van der Waals surface area contributed by atoms with Crippen LogP contribution in [0.3, 0.4) is 0 Å². The highest BCUT2D eigenvalue weighted by molar-refractivity contribution is 5.52. The molecule has 3 heterocycles. The van der Waals surface area contributed by atoms with Crippen LogP contribution < -0.4 is 4.90 Å². The topological polar surface area (TPSA) is 55.6 Å². The van der Waals surface area contributed by atoms with E-state index in [1.165, 1.54) is 5.56 Å². The molecule has 0 amide bonds. The highest BCUT2D eigenvalue weighted by Gasteiger charge is 2.78. The van der Waals surface area contributed by atoms with Crippen LogP contribution in [0, 0.1) is 28.4 Å². The monoisotopic (exact) mass is 300 g/mol. The van der Waals surface area contributed by atoms with Gasteiger partial charge < -0.3 is 4.90 Å². The summed E-state index contributed by atoms with van der Waals surface area (Å²) in [6, 6.07) is 8.41. The van der Waals surface area contributed by atoms with E-state index >= 15 is 0 Å². The summed E-state index contributed by atoms with van der Waals surface area (Å²) >= 11 is 0. The minimum atomic E-state index is -1.36. The fraction of sp³-hybridized carbons (Fsp3) is 0.529. The molecule has 2 fully saturated rings. The fourth-order valence-corrected chi connectivity index (χ4v) is 4.45. The van der Waals surface area contributed by atoms with E-state index < -0.39 is 16.7 Å². The lowest BCUT2D eigenvalue weighted by atomic mass is 9.65. The molecule has 1 aromatic rings. The maximum Gasteiger partial charge on any atom is 0.350 e. The molecule has 0 aliphatic carbocycles. The Hall–Kier alpha value is -1.88. The first kappa shape index (κ1) is 13.8. The summed E-state index contributed by atoms with van der Waals surface area (Å²) in [6.07, 6.45) is 3.60. The van der Waals surface area contributed by atoms with E-state index in [4.69, 9.17) is 4.74 Å². The predicted molar refractivity (Wildman–Crippen MR) is 83.3 cm³/mol. The van der Waals surface area contributed by atoms with Gasteiger partial charge in [-0.1, -0.05) is 17.7 Å². The molecule has 3 aliphatic rings. The number of hydrogen-bond donors (Lipinski definition) is 0. The van der Waals surface area contributed by atoms with Gasteiger partial charge >= 0.3 is 5.72 Å². The number of fused-ring (bicyclic) bond motifs is 1. The Balaban J connectivity index is 1.71. The van der Waals surface area contributed by atoms with Crippen molar-refractivity contribution in [2.75, 3.05) is 18.0 Å². The van der Waals surface area contributed by atoms with Gasteiger partial charge in [0.05, 0.1) is 16.9 Å². The van der Waals surface area contributed by atoms with Crippen LogP contribution in [0.4, 0.5) is 5.69 Å². The molecule has 0 radical (unpaired) electrons. The average molecular weight is 300 g/mol. The van der Waals surface area contributed by atoms with Crippen molar-refractivity contribution in [2.24, 2.45) is 11.3 Å². The normalized spacial score (nSPS) is 37.6. The molecule has 1 aromatic carbocycles. The zero-order valence-corrected chi connectivity index (χ0v) is 13.1. The highest BCUT2D eigenvalue weighted by Crippen LogP contribution is 2.63. The Morgan fingerprint density at radius 2 is 1.95 bits per heavy atom. The third kappa shape index (κ3) is 1.42. The number of ether oxygens (including phenoxy) is 1. The summed E-state index contributed by atoms with van der Waals surface area (Å²) in [5.74, 6) is 0.122. The van der Waals surface area contributed by atoms with Crippen LogP contribution >= 0.6 is 0 Å². The number of hydrogen-bond acceptors (Lipinski definition) is 4. The smallest absolute Gasteiger partial charge is 0.350 e.